The van der Waals surface area contributed by atoms with Gasteiger partial charge >= 0.3 is 5.97 Å². The highest BCUT2D eigenvalue weighted by Gasteiger charge is 2.16. The first-order valence-corrected chi connectivity index (χ1v) is 5.71. The number of pyridine rings is 1. The second-order valence-corrected chi connectivity index (χ2v) is 4.23. The lowest BCUT2D eigenvalue weighted by molar-refractivity contribution is 0.0694. The summed E-state index contributed by atoms with van der Waals surface area (Å²) in [6.07, 6.45) is 1.54. The van der Waals surface area contributed by atoms with Crippen molar-refractivity contribution in [3.8, 4) is 0 Å². The Kier molecular flexibility index (Phi) is 3.41. The molecule has 6 nitrogen and oxygen atoms in total. The maximum Gasteiger partial charge on any atom is 0.337 e. The smallest absolute Gasteiger partial charge is 0.337 e. The van der Waals surface area contributed by atoms with Gasteiger partial charge in [-0.25, -0.2) is 4.79 Å². The highest BCUT2D eigenvalue weighted by Crippen LogP contribution is 2.12. The number of rotatable bonds is 3. The van der Waals surface area contributed by atoms with Crippen LogP contribution in [0.5, 0.6) is 0 Å². The molecule has 0 spiro atoms. The second kappa shape index (κ2) is 5.01. The van der Waals surface area contributed by atoms with Crippen molar-refractivity contribution in [2.45, 2.75) is 20.4 Å². The zero-order valence-electron chi connectivity index (χ0n) is 10.6. The third-order valence-electron chi connectivity index (χ3n) is 2.93. The topological polar surface area (TPSA) is 85.1 Å². The van der Waals surface area contributed by atoms with Crippen LogP contribution in [0.25, 0.3) is 0 Å². The first-order chi connectivity index (χ1) is 9.00. The molecule has 0 saturated carbocycles. The van der Waals surface area contributed by atoms with Crippen LogP contribution in [0.4, 0.5) is 0 Å². The van der Waals surface area contributed by atoms with Gasteiger partial charge in [-0.2, -0.15) is 10.2 Å². The number of carbonyl (C=O) groups is 1. The maximum atomic E-state index is 12.0. The van der Waals surface area contributed by atoms with Crippen LogP contribution < -0.4 is 5.56 Å². The Morgan fingerprint density at radius 2 is 2.16 bits per heavy atom. The average Bonchev–Trinajstić information content (AvgIpc) is 2.35. The first kappa shape index (κ1) is 12.9. The molecule has 0 amide bonds. The standard InChI is InChI=1S/C13H13N3O3/c1-8-6-11(17)16(9(2)12(8)13(18)19)7-10-4-3-5-14-15-10/h3-6H,7H2,1-2H3,(H,18,19). The first-order valence-electron chi connectivity index (χ1n) is 5.71. The van der Waals surface area contributed by atoms with E-state index >= 15 is 0 Å². The molecule has 2 aromatic heterocycles. The highest BCUT2D eigenvalue weighted by atomic mass is 16.4. The van der Waals surface area contributed by atoms with Crippen LogP contribution in [0.2, 0.25) is 0 Å². The van der Waals surface area contributed by atoms with Gasteiger partial charge < -0.3 is 9.67 Å². The Bertz CT molecular complexity index is 678. The van der Waals surface area contributed by atoms with Gasteiger partial charge in [0.05, 0.1) is 17.8 Å². The summed E-state index contributed by atoms with van der Waals surface area (Å²) in [5, 5.41) is 16.8. The Balaban J connectivity index is 2.55. The van der Waals surface area contributed by atoms with Crippen LogP contribution in [0.1, 0.15) is 27.3 Å². The molecule has 0 aliphatic carbocycles. The van der Waals surface area contributed by atoms with Gasteiger partial charge in [0.1, 0.15) is 0 Å². The largest absolute Gasteiger partial charge is 0.478 e. The summed E-state index contributed by atoms with van der Waals surface area (Å²) in [5.74, 6) is -1.04. The number of aromatic carboxylic acids is 1. The van der Waals surface area contributed by atoms with E-state index in [1.165, 1.54) is 16.8 Å². The van der Waals surface area contributed by atoms with Crippen molar-refractivity contribution in [3.63, 3.8) is 0 Å². The van der Waals surface area contributed by atoms with Gasteiger partial charge in [0.15, 0.2) is 0 Å². The highest BCUT2D eigenvalue weighted by molar-refractivity contribution is 5.90. The summed E-state index contributed by atoms with van der Waals surface area (Å²) in [5.41, 5.74) is 1.40. The normalized spacial score (nSPS) is 10.4. The summed E-state index contributed by atoms with van der Waals surface area (Å²) in [4.78, 5) is 23.2. The van der Waals surface area contributed by atoms with Crippen LogP contribution in [0, 0.1) is 13.8 Å². The van der Waals surface area contributed by atoms with E-state index in [0.29, 0.717) is 17.0 Å². The lowest BCUT2D eigenvalue weighted by atomic mass is 10.1. The number of hydrogen-bond acceptors (Lipinski definition) is 4. The van der Waals surface area contributed by atoms with Crippen molar-refractivity contribution >= 4 is 5.97 Å². The van der Waals surface area contributed by atoms with E-state index < -0.39 is 5.97 Å². The molecule has 19 heavy (non-hydrogen) atoms. The van der Waals surface area contributed by atoms with Gasteiger partial charge in [0, 0.05) is 18.0 Å². The van der Waals surface area contributed by atoms with E-state index in [1.54, 1.807) is 26.0 Å². The van der Waals surface area contributed by atoms with Crippen LogP contribution in [0.3, 0.4) is 0 Å². The molecule has 0 aliphatic heterocycles. The minimum absolute atomic E-state index is 0.156. The second-order valence-electron chi connectivity index (χ2n) is 4.23. The van der Waals surface area contributed by atoms with Gasteiger partial charge in [-0.05, 0) is 31.5 Å². The Morgan fingerprint density at radius 1 is 1.42 bits per heavy atom. The molecule has 0 fully saturated rings. The van der Waals surface area contributed by atoms with Crippen molar-refractivity contribution in [2.24, 2.45) is 0 Å². The number of carboxylic acid groups (broad SMARTS) is 1. The number of nitrogens with zero attached hydrogens (tertiary/aromatic N) is 3. The van der Waals surface area contributed by atoms with Crippen molar-refractivity contribution in [1.29, 1.82) is 0 Å². The number of aromatic nitrogens is 3. The van der Waals surface area contributed by atoms with Crippen LogP contribution in [-0.2, 0) is 6.54 Å². The van der Waals surface area contributed by atoms with Crippen molar-refractivity contribution in [2.75, 3.05) is 0 Å². The number of aryl methyl sites for hydroxylation is 1. The fourth-order valence-electron chi connectivity index (χ4n) is 2.02. The van der Waals surface area contributed by atoms with Crippen molar-refractivity contribution in [1.82, 2.24) is 14.8 Å². The minimum Gasteiger partial charge on any atom is -0.478 e. The lowest BCUT2D eigenvalue weighted by Gasteiger charge is -2.13. The summed E-state index contributed by atoms with van der Waals surface area (Å²) in [6, 6.07) is 4.78. The summed E-state index contributed by atoms with van der Waals surface area (Å²) in [6.45, 7) is 3.44. The molecule has 2 heterocycles. The molecule has 0 aliphatic rings. The van der Waals surface area contributed by atoms with Crippen LogP contribution >= 0.6 is 0 Å². The zero-order chi connectivity index (χ0) is 14.0. The summed E-state index contributed by atoms with van der Waals surface area (Å²) in [7, 11) is 0. The van der Waals surface area contributed by atoms with E-state index in [-0.39, 0.29) is 17.7 Å². The minimum atomic E-state index is -1.04. The van der Waals surface area contributed by atoms with E-state index in [2.05, 4.69) is 10.2 Å². The molecule has 0 aromatic carbocycles. The van der Waals surface area contributed by atoms with Gasteiger partial charge in [0.25, 0.3) is 5.56 Å². The fraction of sp³-hybridized carbons (Fsp3) is 0.231. The van der Waals surface area contributed by atoms with Crippen molar-refractivity contribution in [3.05, 3.63) is 57.3 Å². The monoisotopic (exact) mass is 259 g/mol. The molecule has 98 valence electrons. The van der Waals surface area contributed by atoms with E-state index in [1.807, 2.05) is 0 Å². The molecule has 2 rings (SSSR count). The fourth-order valence-corrected chi connectivity index (χ4v) is 2.02. The molecule has 0 saturated heterocycles. The predicted octanol–water partition coefficient (Wildman–Crippen LogP) is 1.00. The van der Waals surface area contributed by atoms with Gasteiger partial charge in [-0.1, -0.05) is 0 Å². The quantitative estimate of drug-likeness (QED) is 0.888. The third-order valence-corrected chi connectivity index (χ3v) is 2.93. The Labute approximate surface area is 109 Å². The van der Waals surface area contributed by atoms with Crippen molar-refractivity contribution < 1.29 is 9.90 Å². The average molecular weight is 259 g/mol. The van der Waals surface area contributed by atoms with E-state index in [0.717, 1.165) is 0 Å². The van der Waals surface area contributed by atoms with E-state index in [4.69, 9.17) is 0 Å². The van der Waals surface area contributed by atoms with E-state index in [9.17, 15) is 14.7 Å². The molecular formula is C13H13N3O3. The molecule has 0 radical (unpaired) electrons. The molecule has 0 unspecified atom stereocenters. The zero-order valence-corrected chi connectivity index (χ0v) is 10.6. The molecular weight excluding hydrogens is 246 g/mol. The predicted molar refractivity (Wildman–Crippen MR) is 68.3 cm³/mol. The summed E-state index contributed by atoms with van der Waals surface area (Å²) >= 11 is 0. The molecule has 0 bridgehead atoms. The Hall–Kier alpha value is -2.50. The van der Waals surface area contributed by atoms with Gasteiger partial charge in [-0.15, -0.1) is 0 Å². The van der Waals surface area contributed by atoms with Crippen LogP contribution in [-0.4, -0.2) is 25.8 Å². The summed E-state index contributed by atoms with van der Waals surface area (Å²) < 4.78 is 1.39. The SMILES string of the molecule is Cc1cc(=O)n(Cc2cccnn2)c(C)c1C(=O)O. The molecule has 0 atom stereocenters. The third kappa shape index (κ3) is 2.52. The van der Waals surface area contributed by atoms with Gasteiger partial charge in [0.2, 0.25) is 0 Å². The number of carboxylic acids is 1. The molecule has 2 aromatic rings. The molecule has 1 N–H and O–H groups in total. The lowest BCUT2D eigenvalue weighted by Crippen LogP contribution is -2.26. The molecule has 6 heteroatoms. The Morgan fingerprint density at radius 3 is 2.74 bits per heavy atom. The number of hydrogen-bond donors (Lipinski definition) is 1. The van der Waals surface area contributed by atoms with Gasteiger partial charge in [-0.3, -0.25) is 4.79 Å². The maximum absolute atomic E-state index is 12.0. The van der Waals surface area contributed by atoms with Crippen LogP contribution in [0.15, 0.2) is 29.2 Å².